The molecule has 24 heavy (non-hydrogen) atoms. The van der Waals surface area contributed by atoms with Crippen LogP contribution in [0.1, 0.15) is 19.3 Å². The van der Waals surface area contributed by atoms with Gasteiger partial charge >= 0.3 is 5.97 Å². The lowest BCUT2D eigenvalue weighted by Crippen LogP contribution is -2.45. The molecule has 0 bridgehead atoms. The van der Waals surface area contributed by atoms with Crippen molar-refractivity contribution in [3.63, 3.8) is 0 Å². The summed E-state index contributed by atoms with van der Waals surface area (Å²) in [5.41, 5.74) is 0. The molecule has 1 fully saturated rings. The highest BCUT2D eigenvalue weighted by molar-refractivity contribution is 7.89. The molecular formula is C15H20ClNO6S. The van der Waals surface area contributed by atoms with Crippen LogP contribution in [0, 0.1) is 0 Å². The Bertz CT molecular complexity index is 691. The van der Waals surface area contributed by atoms with Gasteiger partial charge in [-0.2, -0.15) is 4.31 Å². The minimum atomic E-state index is -3.71. The van der Waals surface area contributed by atoms with E-state index in [2.05, 4.69) is 0 Å². The van der Waals surface area contributed by atoms with Crippen molar-refractivity contribution in [1.82, 2.24) is 4.31 Å². The summed E-state index contributed by atoms with van der Waals surface area (Å²) in [7, 11) is -2.16. The third-order valence-corrected chi connectivity index (χ3v) is 6.04. The van der Waals surface area contributed by atoms with Crippen molar-refractivity contribution in [2.24, 2.45) is 0 Å². The molecule has 0 aliphatic carbocycles. The summed E-state index contributed by atoms with van der Waals surface area (Å²) < 4.78 is 37.3. The van der Waals surface area contributed by atoms with Gasteiger partial charge in [0.15, 0.2) is 6.61 Å². The van der Waals surface area contributed by atoms with Crippen LogP contribution in [-0.2, 0) is 19.6 Å². The smallest absolute Gasteiger partial charge is 0.341 e. The highest BCUT2D eigenvalue weighted by Crippen LogP contribution is 2.31. The van der Waals surface area contributed by atoms with Crippen molar-refractivity contribution in [1.29, 1.82) is 0 Å². The summed E-state index contributed by atoms with van der Waals surface area (Å²) in [5.74, 6) is -1.01. The van der Waals surface area contributed by atoms with Crippen LogP contribution in [-0.4, -0.2) is 56.7 Å². The van der Waals surface area contributed by atoms with Gasteiger partial charge in [-0.25, -0.2) is 13.2 Å². The van der Waals surface area contributed by atoms with Gasteiger partial charge in [0.25, 0.3) is 0 Å². The molecule has 1 aliphatic heterocycles. The average Bonchev–Trinajstić information content (AvgIpc) is 2.54. The van der Waals surface area contributed by atoms with Crippen molar-refractivity contribution in [2.75, 3.05) is 26.9 Å². The van der Waals surface area contributed by atoms with Crippen molar-refractivity contribution in [2.45, 2.75) is 30.2 Å². The highest BCUT2D eigenvalue weighted by atomic mass is 35.5. The molecule has 1 N–H and O–H groups in total. The Balaban J connectivity index is 2.25. The molecule has 1 atom stereocenters. The molecule has 1 aromatic rings. The lowest BCUT2D eigenvalue weighted by molar-refractivity contribution is -0.139. The standard InChI is InChI=1S/C15H20ClNO6S/c1-22-9-11-4-2-3-7-17(11)24(20,21)12-5-6-14(13(16)8-12)23-10-15(18)19/h5-6,8,11H,2-4,7,9-10H2,1H3,(H,18,19). The van der Waals surface area contributed by atoms with Gasteiger partial charge in [0, 0.05) is 19.7 Å². The summed E-state index contributed by atoms with van der Waals surface area (Å²) >= 11 is 6.03. The molecule has 7 nitrogen and oxygen atoms in total. The Morgan fingerprint density at radius 3 is 2.79 bits per heavy atom. The van der Waals surface area contributed by atoms with E-state index in [0.29, 0.717) is 13.2 Å². The molecule has 1 unspecified atom stereocenters. The fourth-order valence-corrected chi connectivity index (χ4v) is 4.69. The van der Waals surface area contributed by atoms with Crippen LogP contribution in [0.4, 0.5) is 0 Å². The number of hydrogen-bond donors (Lipinski definition) is 1. The number of carboxylic acids is 1. The molecule has 0 saturated carbocycles. The van der Waals surface area contributed by atoms with Gasteiger partial charge in [0.05, 0.1) is 16.5 Å². The van der Waals surface area contributed by atoms with E-state index in [1.807, 2.05) is 0 Å². The Morgan fingerprint density at radius 2 is 2.17 bits per heavy atom. The van der Waals surface area contributed by atoms with Crippen LogP contribution in [0.25, 0.3) is 0 Å². The summed E-state index contributed by atoms with van der Waals surface area (Å²) in [6.45, 7) is 0.228. The second-order valence-corrected chi connectivity index (χ2v) is 7.79. The first-order valence-corrected chi connectivity index (χ1v) is 9.33. The number of halogens is 1. The van der Waals surface area contributed by atoms with E-state index >= 15 is 0 Å². The first-order chi connectivity index (χ1) is 11.4. The third-order valence-electron chi connectivity index (χ3n) is 3.79. The summed E-state index contributed by atoms with van der Waals surface area (Å²) in [5, 5.41) is 8.67. The fourth-order valence-electron chi connectivity index (χ4n) is 2.68. The average molecular weight is 378 g/mol. The lowest BCUT2D eigenvalue weighted by atomic mass is 10.1. The Hall–Kier alpha value is -1.35. The van der Waals surface area contributed by atoms with Gasteiger partial charge in [0.2, 0.25) is 10.0 Å². The van der Waals surface area contributed by atoms with Crippen molar-refractivity contribution in [3.8, 4) is 5.75 Å². The van der Waals surface area contributed by atoms with Crippen LogP contribution in [0.2, 0.25) is 5.02 Å². The van der Waals surface area contributed by atoms with Gasteiger partial charge in [-0.15, -0.1) is 0 Å². The number of carboxylic acid groups (broad SMARTS) is 1. The summed E-state index contributed by atoms with van der Waals surface area (Å²) in [4.78, 5) is 10.6. The molecule has 9 heteroatoms. The van der Waals surface area contributed by atoms with Crippen LogP contribution in [0.3, 0.4) is 0 Å². The molecule has 1 aromatic carbocycles. The number of rotatable bonds is 7. The van der Waals surface area contributed by atoms with Crippen LogP contribution < -0.4 is 4.74 Å². The molecular weight excluding hydrogens is 358 g/mol. The zero-order valence-electron chi connectivity index (χ0n) is 13.3. The van der Waals surface area contributed by atoms with Crippen LogP contribution >= 0.6 is 11.6 Å². The van der Waals surface area contributed by atoms with Gasteiger partial charge in [-0.3, -0.25) is 0 Å². The van der Waals surface area contributed by atoms with Gasteiger partial charge in [0.1, 0.15) is 5.75 Å². The minimum Gasteiger partial charge on any atom is -0.480 e. The van der Waals surface area contributed by atoms with Crippen LogP contribution in [0.5, 0.6) is 5.75 Å². The molecule has 1 aliphatic rings. The van der Waals surface area contributed by atoms with Crippen molar-refractivity contribution >= 4 is 27.6 Å². The normalized spacial score (nSPS) is 19.2. The first kappa shape index (κ1) is 19.0. The zero-order chi connectivity index (χ0) is 17.7. The third kappa shape index (κ3) is 4.38. The quantitative estimate of drug-likeness (QED) is 0.781. The predicted octanol–water partition coefficient (Wildman–Crippen LogP) is 1.99. The van der Waals surface area contributed by atoms with E-state index in [1.54, 1.807) is 7.11 Å². The van der Waals surface area contributed by atoms with Crippen molar-refractivity contribution in [3.05, 3.63) is 23.2 Å². The maximum absolute atomic E-state index is 12.9. The Labute approximate surface area is 146 Å². The SMILES string of the molecule is COCC1CCCCN1S(=O)(=O)c1ccc(OCC(=O)O)c(Cl)c1. The number of ether oxygens (including phenoxy) is 2. The maximum atomic E-state index is 12.9. The molecule has 0 amide bonds. The molecule has 1 saturated heterocycles. The van der Waals surface area contributed by atoms with E-state index in [-0.39, 0.29) is 21.7 Å². The number of sulfonamides is 1. The molecule has 0 radical (unpaired) electrons. The molecule has 0 aromatic heterocycles. The summed E-state index contributed by atoms with van der Waals surface area (Å²) in [6.07, 6.45) is 2.51. The number of carbonyl (C=O) groups is 1. The Morgan fingerprint density at radius 1 is 1.42 bits per heavy atom. The minimum absolute atomic E-state index is 0.0534. The van der Waals surface area contributed by atoms with E-state index in [4.69, 9.17) is 26.2 Å². The van der Waals surface area contributed by atoms with E-state index in [1.165, 1.54) is 22.5 Å². The van der Waals surface area contributed by atoms with Gasteiger partial charge in [-0.05, 0) is 31.0 Å². The number of aliphatic carboxylic acids is 1. The number of hydrogen-bond acceptors (Lipinski definition) is 5. The number of benzene rings is 1. The molecule has 134 valence electrons. The Kier molecular flexibility index (Phi) is 6.45. The maximum Gasteiger partial charge on any atom is 0.341 e. The number of methoxy groups -OCH3 is 1. The first-order valence-electron chi connectivity index (χ1n) is 7.51. The summed E-state index contributed by atoms with van der Waals surface area (Å²) in [6, 6.07) is 3.83. The monoisotopic (exact) mass is 377 g/mol. The fraction of sp³-hybridized carbons (Fsp3) is 0.533. The zero-order valence-corrected chi connectivity index (χ0v) is 14.8. The van der Waals surface area contributed by atoms with Crippen LogP contribution in [0.15, 0.2) is 23.1 Å². The largest absolute Gasteiger partial charge is 0.480 e. The predicted molar refractivity (Wildman–Crippen MR) is 88.0 cm³/mol. The van der Waals surface area contributed by atoms with E-state index in [9.17, 15) is 13.2 Å². The lowest BCUT2D eigenvalue weighted by Gasteiger charge is -2.34. The highest BCUT2D eigenvalue weighted by Gasteiger charge is 2.33. The topological polar surface area (TPSA) is 93.1 Å². The van der Waals surface area contributed by atoms with Gasteiger partial charge < -0.3 is 14.6 Å². The molecule has 0 spiro atoms. The number of piperidine rings is 1. The van der Waals surface area contributed by atoms with Gasteiger partial charge in [-0.1, -0.05) is 18.0 Å². The number of nitrogens with zero attached hydrogens (tertiary/aromatic N) is 1. The van der Waals surface area contributed by atoms with E-state index in [0.717, 1.165) is 19.3 Å². The molecule has 1 heterocycles. The second kappa shape index (κ2) is 8.15. The second-order valence-electron chi connectivity index (χ2n) is 5.50. The van der Waals surface area contributed by atoms with Crippen molar-refractivity contribution < 1.29 is 27.8 Å². The molecule has 2 rings (SSSR count). The van der Waals surface area contributed by atoms with E-state index < -0.39 is 22.6 Å².